The molecule has 0 fully saturated rings. The van der Waals surface area contributed by atoms with E-state index in [9.17, 15) is 4.79 Å². The molecule has 102 valence electrons. The van der Waals surface area contributed by atoms with Gasteiger partial charge >= 0.3 is 0 Å². The fourth-order valence-corrected chi connectivity index (χ4v) is 2.59. The summed E-state index contributed by atoms with van der Waals surface area (Å²) >= 11 is 3.45. The van der Waals surface area contributed by atoms with Gasteiger partial charge in [0.25, 0.3) is 5.56 Å². The number of halogens is 1. The Balaban J connectivity index is 2.43. The van der Waals surface area contributed by atoms with E-state index in [1.807, 2.05) is 31.2 Å². The third-order valence-corrected chi connectivity index (χ3v) is 3.65. The van der Waals surface area contributed by atoms with Gasteiger partial charge in [-0.25, -0.2) is 4.68 Å². The molecule has 0 amide bonds. The number of hydrogen-bond donors (Lipinski definition) is 0. The van der Waals surface area contributed by atoms with Crippen molar-refractivity contribution in [1.29, 1.82) is 0 Å². The van der Waals surface area contributed by atoms with E-state index >= 15 is 0 Å². The van der Waals surface area contributed by atoms with Crippen LogP contribution in [0.15, 0.2) is 38.1 Å². The molecule has 2 heterocycles. The summed E-state index contributed by atoms with van der Waals surface area (Å²) in [5, 5.41) is 9.00. The monoisotopic (exact) mass is 333 g/mol. The zero-order valence-electron chi connectivity index (χ0n) is 11.1. The summed E-state index contributed by atoms with van der Waals surface area (Å²) in [7, 11) is 0. The standard InChI is InChI=1S/C14H12BrN3O2/c1-3-18-14(19)13-11(8(2)20-17-13)12(16-18)9-5-4-6-10(15)7-9/h4-7H,3H2,1-2H3. The number of fused-ring (bicyclic) bond motifs is 1. The van der Waals surface area contributed by atoms with Gasteiger partial charge in [-0.15, -0.1) is 0 Å². The molecule has 0 radical (unpaired) electrons. The summed E-state index contributed by atoms with van der Waals surface area (Å²) in [4.78, 5) is 12.2. The summed E-state index contributed by atoms with van der Waals surface area (Å²) in [6.45, 7) is 4.15. The Morgan fingerprint density at radius 1 is 1.40 bits per heavy atom. The third-order valence-electron chi connectivity index (χ3n) is 3.15. The minimum absolute atomic E-state index is 0.224. The fourth-order valence-electron chi connectivity index (χ4n) is 2.19. The van der Waals surface area contributed by atoms with Crippen LogP contribution in [-0.2, 0) is 6.54 Å². The molecule has 3 aromatic rings. The van der Waals surface area contributed by atoms with Crippen molar-refractivity contribution < 1.29 is 4.52 Å². The summed E-state index contributed by atoms with van der Waals surface area (Å²) in [6, 6.07) is 7.77. The van der Waals surface area contributed by atoms with Crippen LogP contribution in [0.2, 0.25) is 0 Å². The van der Waals surface area contributed by atoms with E-state index in [1.165, 1.54) is 4.68 Å². The molecule has 0 bridgehead atoms. The van der Waals surface area contributed by atoms with Crippen LogP contribution in [-0.4, -0.2) is 14.9 Å². The molecule has 6 heteroatoms. The van der Waals surface area contributed by atoms with Gasteiger partial charge in [-0.3, -0.25) is 4.79 Å². The van der Waals surface area contributed by atoms with Gasteiger partial charge in [0.15, 0.2) is 5.52 Å². The molecule has 0 saturated heterocycles. The van der Waals surface area contributed by atoms with E-state index < -0.39 is 0 Å². The van der Waals surface area contributed by atoms with Gasteiger partial charge in [-0.2, -0.15) is 5.10 Å². The molecule has 3 rings (SSSR count). The lowest BCUT2D eigenvalue weighted by atomic mass is 10.1. The lowest BCUT2D eigenvalue weighted by Gasteiger charge is -2.07. The molecule has 0 spiro atoms. The molecular formula is C14H12BrN3O2. The topological polar surface area (TPSA) is 60.9 Å². The van der Waals surface area contributed by atoms with Gasteiger partial charge in [-0.05, 0) is 26.0 Å². The third kappa shape index (κ3) is 1.96. The van der Waals surface area contributed by atoms with Crippen molar-refractivity contribution in [2.24, 2.45) is 0 Å². The smallest absolute Gasteiger partial charge is 0.296 e. The van der Waals surface area contributed by atoms with Crippen LogP contribution >= 0.6 is 15.9 Å². The Morgan fingerprint density at radius 2 is 2.20 bits per heavy atom. The molecular weight excluding hydrogens is 322 g/mol. The van der Waals surface area contributed by atoms with Crippen LogP contribution in [0.1, 0.15) is 12.7 Å². The Morgan fingerprint density at radius 3 is 2.90 bits per heavy atom. The first-order valence-corrected chi connectivity index (χ1v) is 7.04. The van der Waals surface area contributed by atoms with Crippen molar-refractivity contribution in [2.45, 2.75) is 20.4 Å². The van der Waals surface area contributed by atoms with Gasteiger partial charge in [0, 0.05) is 16.6 Å². The normalized spacial score (nSPS) is 11.2. The largest absolute Gasteiger partial charge is 0.360 e. The van der Waals surface area contributed by atoms with E-state index in [2.05, 4.69) is 26.2 Å². The molecule has 20 heavy (non-hydrogen) atoms. The van der Waals surface area contributed by atoms with Gasteiger partial charge in [0.05, 0.1) is 5.39 Å². The fraction of sp³-hybridized carbons (Fsp3) is 0.214. The molecule has 2 aromatic heterocycles. The number of hydrogen-bond acceptors (Lipinski definition) is 4. The maximum absolute atomic E-state index is 12.2. The summed E-state index contributed by atoms with van der Waals surface area (Å²) in [6.07, 6.45) is 0. The van der Waals surface area contributed by atoms with Crippen LogP contribution in [0.5, 0.6) is 0 Å². The predicted molar refractivity (Wildman–Crippen MR) is 79.6 cm³/mol. The number of benzene rings is 1. The van der Waals surface area contributed by atoms with Crippen LogP contribution in [0.3, 0.4) is 0 Å². The molecule has 0 atom stereocenters. The van der Waals surface area contributed by atoms with Crippen molar-refractivity contribution in [2.75, 3.05) is 0 Å². The van der Waals surface area contributed by atoms with Crippen molar-refractivity contribution in [1.82, 2.24) is 14.9 Å². The second-order valence-electron chi connectivity index (χ2n) is 4.44. The van der Waals surface area contributed by atoms with Crippen molar-refractivity contribution in [3.63, 3.8) is 0 Å². The maximum atomic E-state index is 12.2. The Bertz CT molecular complexity index is 851. The van der Waals surface area contributed by atoms with Crippen molar-refractivity contribution >= 4 is 26.8 Å². The van der Waals surface area contributed by atoms with Crippen molar-refractivity contribution in [3.05, 3.63) is 44.9 Å². The van der Waals surface area contributed by atoms with Crippen LogP contribution in [0.4, 0.5) is 0 Å². The maximum Gasteiger partial charge on any atom is 0.296 e. The molecule has 5 nitrogen and oxygen atoms in total. The SMILES string of the molecule is CCn1nc(-c2cccc(Br)c2)c2c(C)onc2c1=O. The molecule has 1 aromatic carbocycles. The zero-order valence-corrected chi connectivity index (χ0v) is 12.6. The highest BCUT2D eigenvalue weighted by atomic mass is 79.9. The predicted octanol–water partition coefficient (Wildman–Crippen LogP) is 3.14. The van der Waals surface area contributed by atoms with E-state index in [0.717, 1.165) is 10.0 Å². The van der Waals surface area contributed by atoms with Crippen LogP contribution in [0.25, 0.3) is 22.2 Å². The second kappa shape index (κ2) is 4.86. The molecule has 0 unspecified atom stereocenters. The number of aromatic nitrogens is 3. The van der Waals surface area contributed by atoms with Gasteiger partial charge in [0.1, 0.15) is 11.5 Å². The average Bonchev–Trinajstić information content (AvgIpc) is 2.82. The molecule has 0 saturated carbocycles. The summed E-state index contributed by atoms with van der Waals surface area (Å²) in [5.41, 5.74) is 1.73. The summed E-state index contributed by atoms with van der Waals surface area (Å²) in [5.74, 6) is 0.600. The Kier molecular flexibility index (Phi) is 3.17. The minimum atomic E-state index is -0.224. The Hall–Kier alpha value is -1.95. The van der Waals surface area contributed by atoms with Gasteiger partial charge in [0.2, 0.25) is 0 Å². The molecule has 0 N–H and O–H groups in total. The first kappa shape index (κ1) is 13.1. The first-order chi connectivity index (χ1) is 9.61. The number of nitrogens with zero attached hydrogens (tertiary/aromatic N) is 3. The van der Waals surface area contributed by atoms with Crippen molar-refractivity contribution in [3.8, 4) is 11.3 Å². The summed E-state index contributed by atoms with van der Waals surface area (Å²) < 4.78 is 7.53. The highest BCUT2D eigenvalue weighted by Crippen LogP contribution is 2.28. The van der Waals surface area contributed by atoms with E-state index in [4.69, 9.17) is 4.52 Å². The molecule has 0 aliphatic rings. The minimum Gasteiger partial charge on any atom is -0.360 e. The van der Waals surface area contributed by atoms with Gasteiger partial charge < -0.3 is 4.52 Å². The average molecular weight is 334 g/mol. The lowest BCUT2D eigenvalue weighted by molar-refractivity contribution is 0.405. The highest BCUT2D eigenvalue weighted by Gasteiger charge is 2.18. The van der Waals surface area contributed by atoms with Crippen LogP contribution in [0, 0.1) is 6.92 Å². The number of aryl methyl sites for hydroxylation is 2. The molecule has 0 aliphatic heterocycles. The van der Waals surface area contributed by atoms with E-state index in [0.29, 0.717) is 28.9 Å². The molecule has 0 aliphatic carbocycles. The second-order valence-corrected chi connectivity index (χ2v) is 5.36. The van der Waals surface area contributed by atoms with Crippen LogP contribution < -0.4 is 5.56 Å². The highest BCUT2D eigenvalue weighted by molar-refractivity contribution is 9.10. The first-order valence-electron chi connectivity index (χ1n) is 6.25. The lowest BCUT2D eigenvalue weighted by Crippen LogP contribution is -2.23. The number of rotatable bonds is 2. The quantitative estimate of drug-likeness (QED) is 0.722. The van der Waals surface area contributed by atoms with E-state index in [-0.39, 0.29) is 5.56 Å². The zero-order chi connectivity index (χ0) is 14.3. The van der Waals surface area contributed by atoms with E-state index in [1.54, 1.807) is 6.92 Å². The Labute approximate surface area is 123 Å². The van der Waals surface area contributed by atoms with Gasteiger partial charge in [-0.1, -0.05) is 33.2 Å².